The van der Waals surface area contributed by atoms with Gasteiger partial charge >= 0.3 is 0 Å². The third kappa shape index (κ3) is 3.61. The predicted octanol–water partition coefficient (Wildman–Crippen LogP) is 2.34. The van der Waals surface area contributed by atoms with Crippen LogP contribution in [0, 0.1) is 0 Å². The quantitative estimate of drug-likeness (QED) is 0.854. The molecule has 0 aromatic heterocycles. The standard InChI is InChI=1S/C20H22N4O/c1-23(2)17-10-8-15(9-11-17)14-18-20(25)24(13-12-21)19(22-18)16-6-4-3-5-7-16/h3-11,14H,12-13,21H2,1-2H3. The number of aliphatic imine (C=N–C) groups is 1. The zero-order chi connectivity index (χ0) is 17.8. The molecule has 128 valence electrons. The molecule has 0 radical (unpaired) electrons. The van der Waals surface area contributed by atoms with Crippen molar-refractivity contribution in [2.45, 2.75) is 0 Å². The Hall–Kier alpha value is -2.92. The molecular formula is C20H22N4O. The van der Waals surface area contributed by atoms with Gasteiger partial charge in [0.25, 0.3) is 5.91 Å². The first kappa shape index (κ1) is 16.9. The Morgan fingerprint density at radius 2 is 1.76 bits per heavy atom. The third-order valence-corrected chi connectivity index (χ3v) is 4.04. The van der Waals surface area contributed by atoms with Crippen LogP contribution in [-0.4, -0.2) is 43.8 Å². The fourth-order valence-corrected chi connectivity index (χ4v) is 2.72. The molecule has 0 aliphatic carbocycles. The molecule has 5 heteroatoms. The van der Waals surface area contributed by atoms with Crippen LogP contribution < -0.4 is 10.6 Å². The minimum atomic E-state index is -0.110. The fraction of sp³-hybridized carbons (Fsp3) is 0.200. The third-order valence-electron chi connectivity index (χ3n) is 4.04. The molecule has 0 saturated carbocycles. The molecule has 25 heavy (non-hydrogen) atoms. The van der Waals surface area contributed by atoms with Crippen LogP contribution in [0.2, 0.25) is 0 Å². The number of hydrogen-bond acceptors (Lipinski definition) is 4. The lowest BCUT2D eigenvalue weighted by Gasteiger charge is -2.17. The van der Waals surface area contributed by atoms with Crippen molar-refractivity contribution in [3.8, 4) is 0 Å². The highest BCUT2D eigenvalue weighted by atomic mass is 16.2. The van der Waals surface area contributed by atoms with E-state index in [1.54, 1.807) is 4.90 Å². The molecule has 1 aliphatic rings. The van der Waals surface area contributed by atoms with Gasteiger partial charge in [0.1, 0.15) is 11.5 Å². The molecule has 2 aromatic rings. The second-order valence-corrected chi connectivity index (χ2v) is 6.06. The Morgan fingerprint density at radius 3 is 2.36 bits per heavy atom. The van der Waals surface area contributed by atoms with Crippen LogP contribution >= 0.6 is 0 Å². The number of nitrogens with two attached hydrogens (primary N) is 1. The molecular weight excluding hydrogens is 312 g/mol. The van der Waals surface area contributed by atoms with Crippen molar-refractivity contribution in [2.24, 2.45) is 10.7 Å². The van der Waals surface area contributed by atoms with E-state index in [0.29, 0.717) is 24.6 Å². The SMILES string of the molecule is CN(C)c1ccc(C=C2N=C(c3ccccc3)N(CCN)C2=O)cc1. The van der Waals surface area contributed by atoms with Gasteiger partial charge in [-0.25, -0.2) is 4.99 Å². The van der Waals surface area contributed by atoms with Crippen LogP contribution in [-0.2, 0) is 4.79 Å². The van der Waals surface area contributed by atoms with E-state index in [2.05, 4.69) is 4.99 Å². The Morgan fingerprint density at radius 1 is 1.08 bits per heavy atom. The van der Waals surface area contributed by atoms with E-state index < -0.39 is 0 Å². The molecule has 1 aliphatic heterocycles. The number of amides is 1. The lowest BCUT2D eigenvalue weighted by atomic mass is 10.1. The topological polar surface area (TPSA) is 61.9 Å². The van der Waals surface area contributed by atoms with Gasteiger partial charge in [0.15, 0.2) is 0 Å². The molecule has 0 unspecified atom stereocenters. The van der Waals surface area contributed by atoms with Gasteiger partial charge in [-0.2, -0.15) is 0 Å². The second-order valence-electron chi connectivity index (χ2n) is 6.06. The van der Waals surface area contributed by atoms with E-state index in [9.17, 15) is 4.79 Å². The molecule has 3 rings (SSSR count). The number of rotatable bonds is 5. The van der Waals surface area contributed by atoms with Crippen molar-refractivity contribution in [2.75, 3.05) is 32.1 Å². The number of amidine groups is 1. The molecule has 5 nitrogen and oxygen atoms in total. The lowest BCUT2D eigenvalue weighted by molar-refractivity contribution is -0.122. The van der Waals surface area contributed by atoms with E-state index in [4.69, 9.17) is 5.73 Å². The molecule has 0 bridgehead atoms. The van der Waals surface area contributed by atoms with Crippen LogP contribution in [0.5, 0.6) is 0 Å². The average molecular weight is 334 g/mol. The first-order valence-electron chi connectivity index (χ1n) is 8.25. The zero-order valence-electron chi connectivity index (χ0n) is 14.5. The van der Waals surface area contributed by atoms with Gasteiger partial charge in [0.05, 0.1) is 0 Å². The van der Waals surface area contributed by atoms with Crippen LogP contribution in [0.4, 0.5) is 5.69 Å². The smallest absolute Gasteiger partial charge is 0.278 e. The van der Waals surface area contributed by atoms with Crippen LogP contribution in [0.25, 0.3) is 6.08 Å². The van der Waals surface area contributed by atoms with Crippen LogP contribution in [0.3, 0.4) is 0 Å². The van der Waals surface area contributed by atoms with Gasteiger partial charge in [-0.05, 0) is 23.8 Å². The van der Waals surface area contributed by atoms with Gasteiger partial charge in [0, 0.05) is 38.4 Å². The van der Waals surface area contributed by atoms with Crippen molar-refractivity contribution in [1.82, 2.24) is 4.90 Å². The maximum absolute atomic E-state index is 12.7. The van der Waals surface area contributed by atoms with E-state index in [1.807, 2.05) is 79.7 Å². The van der Waals surface area contributed by atoms with Gasteiger partial charge < -0.3 is 10.6 Å². The molecule has 0 spiro atoms. The molecule has 0 fully saturated rings. The Labute approximate surface area is 148 Å². The maximum Gasteiger partial charge on any atom is 0.278 e. The van der Waals surface area contributed by atoms with Gasteiger partial charge in [-0.15, -0.1) is 0 Å². The predicted molar refractivity (Wildman–Crippen MR) is 102 cm³/mol. The summed E-state index contributed by atoms with van der Waals surface area (Å²) in [5.41, 5.74) is 9.08. The normalized spacial score (nSPS) is 15.6. The summed E-state index contributed by atoms with van der Waals surface area (Å²) >= 11 is 0. The number of benzene rings is 2. The number of anilines is 1. The summed E-state index contributed by atoms with van der Waals surface area (Å²) < 4.78 is 0. The van der Waals surface area contributed by atoms with E-state index in [-0.39, 0.29) is 5.91 Å². The lowest BCUT2D eigenvalue weighted by Crippen LogP contribution is -2.36. The summed E-state index contributed by atoms with van der Waals surface area (Å²) in [6.45, 7) is 0.839. The summed E-state index contributed by atoms with van der Waals surface area (Å²) in [7, 11) is 3.99. The van der Waals surface area contributed by atoms with E-state index >= 15 is 0 Å². The Kier molecular flexibility index (Phi) is 4.95. The highest BCUT2D eigenvalue weighted by Gasteiger charge is 2.30. The minimum Gasteiger partial charge on any atom is -0.378 e. The van der Waals surface area contributed by atoms with Gasteiger partial charge in [-0.1, -0.05) is 42.5 Å². The fourth-order valence-electron chi connectivity index (χ4n) is 2.72. The molecule has 1 heterocycles. The van der Waals surface area contributed by atoms with Gasteiger partial charge in [0.2, 0.25) is 0 Å². The van der Waals surface area contributed by atoms with Crippen LogP contribution in [0.1, 0.15) is 11.1 Å². The van der Waals surface area contributed by atoms with Crippen molar-refractivity contribution >= 4 is 23.5 Å². The molecule has 0 saturated heterocycles. The van der Waals surface area contributed by atoms with Crippen molar-refractivity contribution < 1.29 is 4.79 Å². The monoisotopic (exact) mass is 334 g/mol. The largest absolute Gasteiger partial charge is 0.378 e. The zero-order valence-corrected chi connectivity index (χ0v) is 14.5. The second kappa shape index (κ2) is 7.32. The number of carbonyl (C=O) groups excluding carboxylic acids is 1. The Balaban J connectivity index is 1.95. The number of carbonyl (C=O) groups is 1. The van der Waals surface area contributed by atoms with Crippen molar-refractivity contribution in [3.05, 3.63) is 71.4 Å². The summed E-state index contributed by atoms with van der Waals surface area (Å²) in [6, 6.07) is 17.7. The molecule has 1 amide bonds. The summed E-state index contributed by atoms with van der Waals surface area (Å²) in [6.07, 6.45) is 1.82. The molecule has 2 aromatic carbocycles. The summed E-state index contributed by atoms with van der Waals surface area (Å²) in [5.74, 6) is 0.549. The van der Waals surface area contributed by atoms with E-state index in [1.165, 1.54) is 0 Å². The summed E-state index contributed by atoms with van der Waals surface area (Å²) in [5, 5.41) is 0. The first-order chi connectivity index (χ1) is 12.1. The highest BCUT2D eigenvalue weighted by molar-refractivity contribution is 6.19. The van der Waals surface area contributed by atoms with Crippen LogP contribution in [0.15, 0.2) is 65.3 Å². The molecule has 2 N–H and O–H groups in total. The van der Waals surface area contributed by atoms with E-state index in [0.717, 1.165) is 16.8 Å². The minimum absolute atomic E-state index is 0.110. The van der Waals surface area contributed by atoms with Crippen molar-refractivity contribution in [3.63, 3.8) is 0 Å². The molecule has 0 atom stereocenters. The van der Waals surface area contributed by atoms with Gasteiger partial charge in [-0.3, -0.25) is 9.69 Å². The number of hydrogen-bond donors (Lipinski definition) is 1. The van der Waals surface area contributed by atoms with Crippen molar-refractivity contribution in [1.29, 1.82) is 0 Å². The Bertz CT molecular complexity index is 807. The highest BCUT2D eigenvalue weighted by Crippen LogP contribution is 2.22. The first-order valence-corrected chi connectivity index (χ1v) is 8.25. The number of nitrogens with zero attached hydrogens (tertiary/aromatic N) is 3. The summed E-state index contributed by atoms with van der Waals surface area (Å²) in [4.78, 5) is 21.0. The maximum atomic E-state index is 12.7. The average Bonchev–Trinajstić information content (AvgIpc) is 2.93.